The van der Waals surface area contributed by atoms with Gasteiger partial charge in [0, 0.05) is 44.3 Å². The molecular weight excluding hydrogens is 520 g/mol. The summed E-state index contributed by atoms with van der Waals surface area (Å²) in [7, 11) is 0. The minimum Gasteiger partial charge on any atom is -0.342 e. The number of carbonyl (C=O) groups is 3. The zero-order valence-electron chi connectivity index (χ0n) is 24.2. The molecule has 5 rings (SSSR count). The number of amides is 4. The van der Waals surface area contributed by atoms with Crippen molar-refractivity contribution in [1.29, 1.82) is 0 Å². The predicted octanol–water partition coefficient (Wildman–Crippen LogP) is 5.76. The number of nitrogens with zero attached hydrogens (tertiary/aromatic N) is 3. The van der Waals surface area contributed by atoms with E-state index in [1.807, 2.05) is 32.9 Å². The number of anilines is 1. The van der Waals surface area contributed by atoms with Crippen LogP contribution in [0, 0.1) is 19.8 Å². The van der Waals surface area contributed by atoms with Gasteiger partial charge in [-0.2, -0.15) is 0 Å². The van der Waals surface area contributed by atoms with Gasteiger partial charge in [0.25, 0.3) is 0 Å². The molecule has 0 radical (unpaired) electrons. The first-order valence-corrected chi connectivity index (χ1v) is 15.6. The number of para-hydroxylation sites is 1. The van der Waals surface area contributed by atoms with Gasteiger partial charge in [-0.3, -0.25) is 9.59 Å². The maximum absolute atomic E-state index is 13.6. The highest BCUT2D eigenvalue weighted by Crippen LogP contribution is 2.46. The molecule has 2 aromatic carbocycles. The van der Waals surface area contributed by atoms with Gasteiger partial charge < -0.3 is 20.0 Å². The van der Waals surface area contributed by atoms with Crippen molar-refractivity contribution in [3.8, 4) is 0 Å². The number of aryl methyl sites for hydroxylation is 2. The topological polar surface area (TPSA) is 73.0 Å². The van der Waals surface area contributed by atoms with E-state index in [9.17, 15) is 14.4 Å². The summed E-state index contributed by atoms with van der Waals surface area (Å²) in [6.07, 6.45) is 3.51. The number of carbonyl (C=O) groups excluding carboxylic acids is 3. The van der Waals surface area contributed by atoms with E-state index >= 15 is 0 Å². The van der Waals surface area contributed by atoms with Crippen molar-refractivity contribution in [2.75, 3.05) is 31.5 Å². The zero-order chi connectivity index (χ0) is 28.4. The van der Waals surface area contributed by atoms with E-state index in [1.165, 1.54) is 16.7 Å². The fourth-order valence-corrected chi connectivity index (χ4v) is 7.91. The molecule has 8 heteroatoms. The van der Waals surface area contributed by atoms with Crippen molar-refractivity contribution < 1.29 is 14.4 Å². The molecule has 2 saturated heterocycles. The molecule has 3 heterocycles. The number of thioether (sulfide) groups is 1. The summed E-state index contributed by atoms with van der Waals surface area (Å²) in [6.45, 7) is 11.2. The highest BCUT2D eigenvalue weighted by Gasteiger charge is 2.43. The summed E-state index contributed by atoms with van der Waals surface area (Å²) in [4.78, 5) is 45.9. The average Bonchev–Trinajstić information content (AvgIpc) is 3.11. The van der Waals surface area contributed by atoms with Gasteiger partial charge >= 0.3 is 6.03 Å². The van der Waals surface area contributed by atoms with Crippen LogP contribution in [-0.2, 0) is 16.0 Å². The third-order valence-corrected chi connectivity index (χ3v) is 10.1. The largest absolute Gasteiger partial charge is 0.342 e. The van der Waals surface area contributed by atoms with E-state index in [4.69, 9.17) is 0 Å². The monoisotopic (exact) mass is 562 g/mol. The minimum atomic E-state index is -0.365. The molecule has 3 aliphatic rings. The van der Waals surface area contributed by atoms with Gasteiger partial charge in [-0.25, -0.2) is 4.79 Å². The average molecular weight is 563 g/mol. The highest BCUT2D eigenvalue weighted by atomic mass is 32.2. The third-order valence-electron chi connectivity index (χ3n) is 8.63. The molecule has 4 amide bonds. The normalized spacial score (nSPS) is 22.0. The van der Waals surface area contributed by atoms with E-state index in [-0.39, 0.29) is 40.9 Å². The van der Waals surface area contributed by atoms with Gasteiger partial charge in [-0.1, -0.05) is 50.2 Å². The van der Waals surface area contributed by atoms with Gasteiger partial charge in [0.05, 0.1) is 5.25 Å². The van der Waals surface area contributed by atoms with Crippen molar-refractivity contribution in [3.63, 3.8) is 0 Å². The standard InChI is InChI=1S/C32H42N4O3S/c1-21(2)12-18-36-30(38)27(40-31(36)29-22(3)8-7-9-23(29)4)20-28(37)34-16-14-25(15-17-34)35-19-13-24-10-5-6-11-26(24)33-32(35)39/h5-11,21,25,27,31H,12-20H2,1-4H3,(H,33,39). The zero-order valence-corrected chi connectivity index (χ0v) is 25.0. The van der Waals surface area contributed by atoms with E-state index in [0.717, 1.165) is 36.9 Å². The Labute approximate surface area is 242 Å². The van der Waals surface area contributed by atoms with E-state index in [0.29, 0.717) is 32.1 Å². The molecule has 214 valence electrons. The van der Waals surface area contributed by atoms with Crippen LogP contribution in [0.25, 0.3) is 0 Å². The summed E-state index contributed by atoms with van der Waals surface area (Å²) < 4.78 is 0. The van der Waals surface area contributed by atoms with Gasteiger partial charge in [-0.05, 0) is 73.8 Å². The fraction of sp³-hybridized carbons (Fsp3) is 0.531. The predicted molar refractivity (Wildman–Crippen MR) is 161 cm³/mol. The number of nitrogens with one attached hydrogen (secondary N) is 1. The second kappa shape index (κ2) is 12.2. The molecule has 0 bridgehead atoms. The summed E-state index contributed by atoms with van der Waals surface area (Å²) >= 11 is 1.64. The summed E-state index contributed by atoms with van der Waals surface area (Å²) in [5, 5.41) is 2.65. The highest BCUT2D eigenvalue weighted by molar-refractivity contribution is 8.01. The number of hydrogen-bond acceptors (Lipinski definition) is 4. The van der Waals surface area contributed by atoms with Crippen LogP contribution in [0.3, 0.4) is 0 Å². The lowest BCUT2D eigenvalue weighted by atomic mass is 10.0. The van der Waals surface area contributed by atoms with Crippen LogP contribution < -0.4 is 5.32 Å². The number of fused-ring (bicyclic) bond motifs is 1. The first-order chi connectivity index (χ1) is 19.2. The molecule has 2 aromatic rings. The summed E-state index contributed by atoms with van der Waals surface area (Å²) in [5.74, 6) is 0.629. The van der Waals surface area contributed by atoms with Gasteiger partial charge in [-0.15, -0.1) is 11.8 Å². The minimum absolute atomic E-state index is 0.0444. The van der Waals surface area contributed by atoms with Crippen LogP contribution in [0.5, 0.6) is 0 Å². The first kappa shape index (κ1) is 28.5. The molecular formula is C32H42N4O3S. The van der Waals surface area contributed by atoms with Gasteiger partial charge in [0.1, 0.15) is 5.37 Å². The number of rotatable bonds is 7. The Kier molecular flexibility index (Phi) is 8.74. The second-order valence-electron chi connectivity index (χ2n) is 11.8. The Morgan fingerprint density at radius 1 is 1.00 bits per heavy atom. The maximum Gasteiger partial charge on any atom is 0.322 e. The lowest BCUT2D eigenvalue weighted by molar-refractivity contribution is -0.136. The lowest BCUT2D eigenvalue weighted by Gasteiger charge is -2.38. The Balaban J connectivity index is 1.21. The van der Waals surface area contributed by atoms with Crippen molar-refractivity contribution in [3.05, 3.63) is 64.7 Å². The van der Waals surface area contributed by atoms with E-state index in [2.05, 4.69) is 57.3 Å². The number of urea groups is 1. The summed E-state index contributed by atoms with van der Waals surface area (Å²) in [6, 6.07) is 14.3. The summed E-state index contributed by atoms with van der Waals surface area (Å²) in [5.41, 5.74) is 5.64. The van der Waals surface area contributed by atoms with Crippen molar-refractivity contribution in [1.82, 2.24) is 14.7 Å². The van der Waals surface area contributed by atoms with Crippen LogP contribution in [0.1, 0.15) is 67.2 Å². The smallest absolute Gasteiger partial charge is 0.322 e. The fourth-order valence-electron chi connectivity index (χ4n) is 6.24. The van der Waals surface area contributed by atoms with Crippen LogP contribution >= 0.6 is 11.8 Å². The lowest BCUT2D eigenvalue weighted by Crippen LogP contribution is -2.50. The molecule has 3 aliphatic heterocycles. The van der Waals surface area contributed by atoms with Gasteiger partial charge in [0.2, 0.25) is 11.8 Å². The number of likely N-dealkylation sites (tertiary alicyclic amines) is 1. The quantitative estimate of drug-likeness (QED) is 0.466. The SMILES string of the molecule is Cc1cccc(C)c1C1SC(CC(=O)N2CCC(N3CCc4ccccc4NC3=O)CC2)C(=O)N1CCC(C)C. The Bertz CT molecular complexity index is 1240. The van der Waals surface area contributed by atoms with Crippen molar-refractivity contribution in [2.45, 2.75) is 76.5 Å². The third kappa shape index (κ3) is 6.02. The number of piperidine rings is 1. The molecule has 2 atom stereocenters. The van der Waals surface area contributed by atoms with Crippen LogP contribution in [-0.4, -0.2) is 70.0 Å². The Morgan fingerprint density at radius 2 is 1.70 bits per heavy atom. The Hall–Kier alpha value is -3.00. The van der Waals surface area contributed by atoms with Crippen LogP contribution in [0.15, 0.2) is 42.5 Å². The second-order valence-corrected chi connectivity index (χ2v) is 13.1. The molecule has 0 aromatic heterocycles. The van der Waals surface area contributed by atoms with E-state index < -0.39 is 0 Å². The number of hydrogen-bond donors (Lipinski definition) is 1. The molecule has 0 aliphatic carbocycles. The van der Waals surface area contributed by atoms with E-state index in [1.54, 1.807) is 11.8 Å². The molecule has 2 fully saturated rings. The molecule has 1 N–H and O–H groups in total. The molecule has 2 unspecified atom stereocenters. The maximum atomic E-state index is 13.6. The van der Waals surface area contributed by atoms with Crippen molar-refractivity contribution in [2.24, 2.45) is 5.92 Å². The molecule has 0 spiro atoms. The first-order valence-electron chi connectivity index (χ1n) is 14.7. The Morgan fingerprint density at radius 3 is 2.40 bits per heavy atom. The van der Waals surface area contributed by atoms with Crippen LogP contribution in [0.4, 0.5) is 10.5 Å². The molecule has 7 nitrogen and oxygen atoms in total. The van der Waals surface area contributed by atoms with Crippen molar-refractivity contribution >= 4 is 35.3 Å². The molecule has 40 heavy (non-hydrogen) atoms. The number of benzene rings is 2. The van der Waals surface area contributed by atoms with Gasteiger partial charge in [0.15, 0.2) is 0 Å². The van der Waals surface area contributed by atoms with Crippen LogP contribution in [0.2, 0.25) is 0 Å². The molecule has 0 saturated carbocycles.